The van der Waals surface area contributed by atoms with Crippen LogP contribution in [-0.4, -0.2) is 107 Å². The molecule has 0 rings (SSSR count). The van der Waals surface area contributed by atoms with Gasteiger partial charge in [-0.1, -0.05) is 17.7 Å². The van der Waals surface area contributed by atoms with Gasteiger partial charge in [-0.05, 0) is 27.7 Å². The van der Waals surface area contributed by atoms with Crippen molar-refractivity contribution in [2.45, 2.75) is 46.7 Å². The molecule has 1 atom stereocenters. The Kier molecular flexibility index (Phi) is 24.2. The Morgan fingerprint density at radius 2 is 1.18 bits per heavy atom. The van der Waals surface area contributed by atoms with E-state index in [9.17, 15) is 4.79 Å². The van der Waals surface area contributed by atoms with Crippen LogP contribution in [-0.2, 0) is 37.5 Å². The number of ether oxygens (including phenoxy) is 5. The summed E-state index contributed by atoms with van der Waals surface area (Å²) in [6.45, 7) is 15.6. The highest BCUT2D eigenvalue weighted by Gasteiger charge is 2.27. The lowest BCUT2D eigenvalue weighted by Crippen LogP contribution is -2.34. The smallest absolute Gasteiger partial charge is 0.259 e. The molecule has 0 fully saturated rings. The van der Waals surface area contributed by atoms with Crippen molar-refractivity contribution in [1.82, 2.24) is 4.67 Å². The fourth-order valence-electron chi connectivity index (χ4n) is 2.63. The molecule has 0 aromatic carbocycles. The summed E-state index contributed by atoms with van der Waals surface area (Å²) in [6.07, 6.45) is 5.10. The van der Waals surface area contributed by atoms with Crippen molar-refractivity contribution in [2.75, 3.05) is 85.0 Å². The second-order valence-electron chi connectivity index (χ2n) is 7.52. The zero-order valence-electron chi connectivity index (χ0n) is 21.5. The first kappa shape index (κ1) is 33.7. The molecule has 0 aliphatic heterocycles. The number of hydrogen-bond acceptors (Lipinski definition) is 10. The first-order valence-corrected chi connectivity index (χ1v) is 13.8. The number of thioether (sulfide) groups is 1. The van der Waals surface area contributed by atoms with Gasteiger partial charge in [0.05, 0.1) is 72.7 Å². The first-order chi connectivity index (χ1) is 16.4. The van der Waals surface area contributed by atoms with E-state index in [0.717, 1.165) is 0 Å². The zero-order valence-corrected chi connectivity index (χ0v) is 23.2. The normalized spacial score (nSPS) is 12.6. The highest BCUT2D eigenvalue weighted by molar-refractivity contribution is 8.13. The lowest BCUT2D eigenvalue weighted by molar-refractivity contribution is -0.109. The standard InChI is InChI=1S/C23H44NO8PS/c1-7-8-26-9-10-27-11-12-28-15-17-31-33(24(21(2)3)22(4)5)32-18-16-29-13-14-30-19-20-34-23(6)25/h1,21-22H,8-20H2,2-6H3. The molecule has 0 N–H and O–H groups in total. The third-order valence-electron chi connectivity index (χ3n) is 3.94. The van der Waals surface area contributed by atoms with E-state index in [1.165, 1.54) is 11.8 Å². The van der Waals surface area contributed by atoms with Crippen molar-refractivity contribution < 1.29 is 37.5 Å². The molecule has 0 aromatic rings. The Morgan fingerprint density at radius 1 is 0.765 bits per heavy atom. The highest BCUT2D eigenvalue weighted by Crippen LogP contribution is 2.45. The monoisotopic (exact) mass is 525 g/mol. The van der Waals surface area contributed by atoms with E-state index < -0.39 is 8.53 Å². The molecule has 0 heterocycles. The van der Waals surface area contributed by atoms with Gasteiger partial charge in [-0.25, -0.2) is 4.67 Å². The molecule has 0 bridgehead atoms. The fourth-order valence-corrected chi connectivity index (χ4v) is 4.68. The van der Waals surface area contributed by atoms with Crippen LogP contribution in [0.25, 0.3) is 0 Å². The minimum atomic E-state index is -1.23. The number of rotatable bonds is 24. The fraction of sp³-hybridized carbons (Fsp3) is 0.870. The second-order valence-corrected chi connectivity index (χ2v) is 10.2. The van der Waals surface area contributed by atoms with Gasteiger partial charge in [0.1, 0.15) is 6.61 Å². The summed E-state index contributed by atoms with van der Waals surface area (Å²) in [5, 5.41) is 0.103. The molecular weight excluding hydrogens is 481 g/mol. The lowest BCUT2D eigenvalue weighted by atomic mass is 10.3. The summed E-state index contributed by atoms with van der Waals surface area (Å²) in [4.78, 5) is 10.8. The number of hydrogen-bond donors (Lipinski definition) is 0. The number of terminal acetylenes is 1. The minimum Gasteiger partial charge on any atom is -0.378 e. The van der Waals surface area contributed by atoms with E-state index in [0.29, 0.717) is 85.0 Å². The van der Waals surface area contributed by atoms with Crippen LogP contribution in [0.5, 0.6) is 0 Å². The van der Waals surface area contributed by atoms with Gasteiger partial charge in [0, 0.05) is 24.8 Å². The molecule has 11 heteroatoms. The summed E-state index contributed by atoms with van der Waals surface area (Å²) in [5.41, 5.74) is 0. The van der Waals surface area contributed by atoms with Crippen LogP contribution in [0.15, 0.2) is 0 Å². The van der Waals surface area contributed by atoms with E-state index in [2.05, 4.69) is 38.3 Å². The molecule has 9 nitrogen and oxygen atoms in total. The molecule has 0 saturated carbocycles. The van der Waals surface area contributed by atoms with Crippen LogP contribution in [0.1, 0.15) is 34.6 Å². The molecule has 0 aliphatic rings. The third kappa shape index (κ3) is 21.0. The molecule has 200 valence electrons. The minimum absolute atomic E-state index is 0.103. The highest BCUT2D eigenvalue weighted by atomic mass is 32.2. The maximum atomic E-state index is 10.8. The van der Waals surface area contributed by atoms with Crippen molar-refractivity contribution in [1.29, 1.82) is 0 Å². The molecule has 0 spiro atoms. The van der Waals surface area contributed by atoms with E-state index in [4.69, 9.17) is 39.2 Å². The number of nitrogens with zero attached hydrogens (tertiary/aromatic N) is 1. The quantitative estimate of drug-likeness (QED) is 0.106. The van der Waals surface area contributed by atoms with Crippen LogP contribution < -0.4 is 0 Å². The Morgan fingerprint density at radius 3 is 1.59 bits per heavy atom. The van der Waals surface area contributed by atoms with Crippen molar-refractivity contribution in [3.05, 3.63) is 0 Å². The molecular formula is C23H44NO8PS. The van der Waals surface area contributed by atoms with E-state index in [-0.39, 0.29) is 17.2 Å². The van der Waals surface area contributed by atoms with Crippen molar-refractivity contribution in [3.63, 3.8) is 0 Å². The summed E-state index contributed by atoms with van der Waals surface area (Å²) in [6, 6.07) is 0.554. The second kappa shape index (κ2) is 24.4. The summed E-state index contributed by atoms with van der Waals surface area (Å²) < 4.78 is 41.4. The first-order valence-electron chi connectivity index (χ1n) is 11.7. The average Bonchev–Trinajstić information content (AvgIpc) is 2.77. The lowest BCUT2D eigenvalue weighted by Gasteiger charge is -2.35. The SMILES string of the molecule is C#CCOCCOCCOCCOP(OCCOCCOCCSC(C)=O)N(C(C)C)C(C)C. The van der Waals surface area contributed by atoms with Crippen LogP contribution in [0, 0.1) is 12.3 Å². The van der Waals surface area contributed by atoms with Crippen LogP contribution in [0.4, 0.5) is 0 Å². The predicted octanol–water partition coefficient (Wildman–Crippen LogP) is 3.36. The maximum absolute atomic E-state index is 10.8. The molecule has 0 amide bonds. The maximum Gasteiger partial charge on any atom is 0.259 e. The van der Waals surface area contributed by atoms with Crippen LogP contribution in [0.3, 0.4) is 0 Å². The van der Waals surface area contributed by atoms with Gasteiger partial charge < -0.3 is 32.7 Å². The molecule has 1 unspecified atom stereocenters. The summed E-state index contributed by atoms with van der Waals surface area (Å²) in [7, 11) is -1.23. The summed E-state index contributed by atoms with van der Waals surface area (Å²) >= 11 is 1.26. The van der Waals surface area contributed by atoms with Crippen molar-refractivity contribution in [3.8, 4) is 12.3 Å². The largest absolute Gasteiger partial charge is 0.378 e. The molecule has 0 saturated heterocycles. The number of carbonyl (C=O) groups excluding carboxylic acids is 1. The summed E-state index contributed by atoms with van der Waals surface area (Å²) in [5.74, 6) is 3.07. The van der Waals surface area contributed by atoms with Gasteiger partial charge >= 0.3 is 0 Å². The van der Waals surface area contributed by atoms with Gasteiger partial charge in [-0.15, -0.1) is 6.42 Å². The van der Waals surface area contributed by atoms with E-state index in [1.54, 1.807) is 6.92 Å². The topological polar surface area (TPSA) is 84.9 Å². The Hall–Kier alpha value is -0.310. The van der Waals surface area contributed by atoms with Crippen LogP contribution >= 0.6 is 20.3 Å². The van der Waals surface area contributed by atoms with E-state index >= 15 is 0 Å². The van der Waals surface area contributed by atoms with Gasteiger partial charge in [0.15, 0.2) is 5.12 Å². The van der Waals surface area contributed by atoms with Gasteiger partial charge in [0.25, 0.3) is 8.53 Å². The zero-order chi connectivity index (χ0) is 25.4. The Balaban J connectivity index is 4.02. The molecule has 0 radical (unpaired) electrons. The predicted molar refractivity (Wildman–Crippen MR) is 137 cm³/mol. The van der Waals surface area contributed by atoms with Crippen LogP contribution in [0.2, 0.25) is 0 Å². The van der Waals surface area contributed by atoms with Gasteiger partial charge in [-0.2, -0.15) is 0 Å². The molecule has 0 aromatic heterocycles. The third-order valence-corrected chi connectivity index (χ3v) is 6.83. The van der Waals surface area contributed by atoms with Crippen molar-refractivity contribution in [2.24, 2.45) is 0 Å². The van der Waals surface area contributed by atoms with Gasteiger partial charge in [-0.3, -0.25) is 4.79 Å². The Bertz CT molecular complexity index is 514. The Labute approximate surface area is 211 Å². The van der Waals surface area contributed by atoms with Gasteiger partial charge in [0.2, 0.25) is 0 Å². The van der Waals surface area contributed by atoms with E-state index in [1.807, 2.05) is 0 Å². The molecule has 0 aliphatic carbocycles. The number of carbonyl (C=O) groups is 1. The molecule has 34 heavy (non-hydrogen) atoms. The average molecular weight is 526 g/mol. The van der Waals surface area contributed by atoms with Crippen molar-refractivity contribution >= 4 is 25.4 Å².